The number of carbonyl (C=O) groups is 2. The minimum Gasteiger partial charge on any atom is -0.480 e. The Morgan fingerprint density at radius 1 is 1.22 bits per heavy atom. The van der Waals surface area contributed by atoms with Crippen molar-refractivity contribution >= 4 is 11.9 Å². The van der Waals surface area contributed by atoms with E-state index < -0.39 is 24.0 Å². The SMILES string of the molecule is O=C(O)C(CCO)NC(=O)C(O)c1ccccc1. The molecule has 0 saturated carbocycles. The van der Waals surface area contributed by atoms with Crippen LogP contribution in [0.15, 0.2) is 30.3 Å². The van der Waals surface area contributed by atoms with Crippen LogP contribution in [0.2, 0.25) is 0 Å². The van der Waals surface area contributed by atoms with Crippen LogP contribution in [0.1, 0.15) is 18.1 Å². The fourth-order valence-corrected chi connectivity index (χ4v) is 1.42. The second-order valence-electron chi connectivity index (χ2n) is 3.72. The van der Waals surface area contributed by atoms with Crippen molar-refractivity contribution in [3.8, 4) is 0 Å². The van der Waals surface area contributed by atoms with E-state index in [9.17, 15) is 14.7 Å². The average Bonchev–Trinajstić information content (AvgIpc) is 2.38. The van der Waals surface area contributed by atoms with Crippen LogP contribution in [-0.4, -0.2) is 39.8 Å². The minimum atomic E-state index is -1.42. The molecule has 0 spiro atoms. The number of hydrogen-bond donors (Lipinski definition) is 4. The molecule has 6 heteroatoms. The number of nitrogens with one attached hydrogen (secondary N) is 1. The summed E-state index contributed by atoms with van der Waals surface area (Å²) in [6.07, 6.45) is -1.53. The van der Waals surface area contributed by atoms with Gasteiger partial charge in [0.25, 0.3) is 5.91 Å². The third kappa shape index (κ3) is 3.83. The number of hydrogen-bond acceptors (Lipinski definition) is 4. The third-order valence-electron chi connectivity index (χ3n) is 2.40. The van der Waals surface area contributed by atoms with Crippen LogP contribution >= 0.6 is 0 Å². The van der Waals surface area contributed by atoms with Gasteiger partial charge in [-0.3, -0.25) is 4.79 Å². The van der Waals surface area contributed by atoms with Crippen LogP contribution in [0.25, 0.3) is 0 Å². The molecule has 1 aromatic carbocycles. The van der Waals surface area contributed by atoms with E-state index >= 15 is 0 Å². The number of aliphatic hydroxyl groups excluding tert-OH is 2. The number of carbonyl (C=O) groups excluding carboxylic acids is 1. The highest BCUT2D eigenvalue weighted by Gasteiger charge is 2.24. The van der Waals surface area contributed by atoms with Gasteiger partial charge in [0, 0.05) is 13.0 Å². The maximum absolute atomic E-state index is 11.6. The van der Waals surface area contributed by atoms with Crippen molar-refractivity contribution < 1.29 is 24.9 Å². The van der Waals surface area contributed by atoms with Gasteiger partial charge in [0.1, 0.15) is 6.04 Å². The molecular formula is C12H15NO5. The Labute approximate surface area is 104 Å². The first-order chi connectivity index (χ1) is 8.56. The summed E-state index contributed by atoms with van der Waals surface area (Å²) in [6.45, 7) is -0.362. The van der Waals surface area contributed by atoms with Crippen molar-refractivity contribution in [2.75, 3.05) is 6.61 Å². The molecule has 0 heterocycles. The molecule has 2 unspecified atom stereocenters. The van der Waals surface area contributed by atoms with Crippen molar-refractivity contribution in [3.05, 3.63) is 35.9 Å². The zero-order chi connectivity index (χ0) is 13.5. The Kier molecular flexibility index (Phi) is 5.29. The molecule has 0 fully saturated rings. The van der Waals surface area contributed by atoms with Crippen molar-refractivity contribution in [3.63, 3.8) is 0 Å². The van der Waals surface area contributed by atoms with Crippen molar-refractivity contribution in [1.29, 1.82) is 0 Å². The summed E-state index contributed by atoms with van der Waals surface area (Å²) in [4.78, 5) is 22.4. The molecule has 0 aliphatic heterocycles. The van der Waals surface area contributed by atoms with Crippen LogP contribution in [0.3, 0.4) is 0 Å². The monoisotopic (exact) mass is 253 g/mol. The predicted molar refractivity (Wildman–Crippen MR) is 62.7 cm³/mol. The van der Waals surface area contributed by atoms with Gasteiger partial charge in [-0.1, -0.05) is 30.3 Å². The first-order valence-corrected chi connectivity index (χ1v) is 5.43. The Morgan fingerprint density at radius 3 is 2.33 bits per heavy atom. The van der Waals surface area contributed by atoms with E-state index in [0.29, 0.717) is 5.56 Å². The quantitative estimate of drug-likeness (QED) is 0.555. The zero-order valence-electron chi connectivity index (χ0n) is 9.61. The Morgan fingerprint density at radius 2 is 1.83 bits per heavy atom. The second kappa shape index (κ2) is 6.73. The van der Waals surface area contributed by atoms with Gasteiger partial charge in [-0.05, 0) is 5.56 Å². The van der Waals surface area contributed by atoms with Gasteiger partial charge >= 0.3 is 5.97 Å². The lowest BCUT2D eigenvalue weighted by atomic mass is 10.1. The summed E-state index contributed by atoms with van der Waals surface area (Å²) in [5.74, 6) is -2.06. The maximum Gasteiger partial charge on any atom is 0.326 e. The predicted octanol–water partition coefficient (Wildman–Crippen LogP) is -0.328. The maximum atomic E-state index is 11.6. The van der Waals surface area contributed by atoms with Crippen LogP contribution in [0.5, 0.6) is 0 Å². The normalized spacial score (nSPS) is 13.7. The largest absolute Gasteiger partial charge is 0.480 e. The third-order valence-corrected chi connectivity index (χ3v) is 2.40. The molecule has 0 aliphatic carbocycles. The molecule has 1 amide bonds. The molecule has 0 aromatic heterocycles. The summed E-state index contributed by atoms with van der Waals surface area (Å²) in [5.41, 5.74) is 0.378. The van der Waals surface area contributed by atoms with E-state index in [0.717, 1.165) is 0 Å². The second-order valence-corrected chi connectivity index (χ2v) is 3.72. The van der Waals surface area contributed by atoms with Crippen LogP contribution < -0.4 is 5.32 Å². The Balaban J connectivity index is 2.67. The number of aliphatic carboxylic acids is 1. The fourth-order valence-electron chi connectivity index (χ4n) is 1.42. The van der Waals surface area contributed by atoms with Gasteiger partial charge in [-0.25, -0.2) is 4.79 Å². The highest BCUT2D eigenvalue weighted by atomic mass is 16.4. The van der Waals surface area contributed by atoms with Gasteiger partial charge in [0.05, 0.1) is 0 Å². The molecule has 18 heavy (non-hydrogen) atoms. The molecule has 0 bridgehead atoms. The number of amides is 1. The summed E-state index contributed by atoms with van der Waals surface area (Å²) in [6, 6.07) is 6.97. The molecule has 6 nitrogen and oxygen atoms in total. The van der Waals surface area contributed by atoms with Gasteiger partial charge in [-0.15, -0.1) is 0 Å². The number of carboxylic acid groups (broad SMARTS) is 1. The summed E-state index contributed by atoms with van der Waals surface area (Å²) < 4.78 is 0. The number of rotatable bonds is 6. The average molecular weight is 253 g/mol. The molecular weight excluding hydrogens is 238 g/mol. The van der Waals surface area contributed by atoms with Crippen LogP contribution in [0.4, 0.5) is 0 Å². The van der Waals surface area contributed by atoms with Crippen molar-refractivity contribution in [2.24, 2.45) is 0 Å². The van der Waals surface area contributed by atoms with Gasteiger partial charge < -0.3 is 20.6 Å². The first-order valence-electron chi connectivity index (χ1n) is 5.43. The molecule has 98 valence electrons. The molecule has 0 saturated heterocycles. The number of carboxylic acids is 1. The van der Waals surface area contributed by atoms with Crippen molar-refractivity contribution in [2.45, 2.75) is 18.6 Å². The van der Waals surface area contributed by atoms with Crippen LogP contribution in [-0.2, 0) is 9.59 Å². The first kappa shape index (κ1) is 14.1. The summed E-state index contributed by atoms with van der Waals surface area (Å²) in [7, 11) is 0. The lowest BCUT2D eigenvalue weighted by molar-refractivity contribution is -0.143. The molecule has 1 rings (SSSR count). The number of benzene rings is 1. The summed E-state index contributed by atoms with van der Waals surface area (Å²) in [5, 5.41) is 29.4. The number of aliphatic hydroxyl groups is 2. The van der Waals surface area contributed by atoms with E-state index in [1.807, 2.05) is 0 Å². The van der Waals surface area contributed by atoms with Crippen molar-refractivity contribution in [1.82, 2.24) is 5.32 Å². The molecule has 0 radical (unpaired) electrons. The highest BCUT2D eigenvalue weighted by Crippen LogP contribution is 2.12. The lowest BCUT2D eigenvalue weighted by Gasteiger charge is -2.16. The standard InChI is InChI=1S/C12H15NO5/c14-7-6-9(12(17)18)13-11(16)10(15)8-4-2-1-3-5-8/h1-5,9-10,14-15H,6-7H2,(H,13,16)(H,17,18). The minimum absolute atomic E-state index is 0.109. The van der Waals surface area contributed by atoms with Gasteiger partial charge in [0.15, 0.2) is 6.10 Å². The summed E-state index contributed by atoms with van der Waals surface area (Å²) >= 11 is 0. The molecule has 1 aromatic rings. The smallest absolute Gasteiger partial charge is 0.326 e. The topological polar surface area (TPSA) is 107 Å². The zero-order valence-corrected chi connectivity index (χ0v) is 9.61. The van der Waals surface area contributed by atoms with E-state index in [2.05, 4.69) is 5.32 Å². The Hall–Kier alpha value is -1.92. The fraction of sp³-hybridized carbons (Fsp3) is 0.333. The van der Waals surface area contributed by atoms with E-state index in [1.54, 1.807) is 30.3 Å². The van der Waals surface area contributed by atoms with E-state index in [1.165, 1.54) is 0 Å². The highest BCUT2D eigenvalue weighted by molar-refractivity contribution is 5.86. The molecule has 0 aliphatic rings. The van der Waals surface area contributed by atoms with E-state index in [-0.39, 0.29) is 13.0 Å². The molecule has 2 atom stereocenters. The van der Waals surface area contributed by atoms with E-state index in [4.69, 9.17) is 10.2 Å². The van der Waals surface area contributed by atoms with Gasteiger partial charge in [-0.2, -0.15) is 0 Å². The van der Waals surface area contributed by atoms with Crippen LogP contribution in [0, 0.1) is 0 Å². The lowest BCUT2D eigenvalue weighted by Crippen LogP contribution is -2.43. The van der Waals surface area contributed by atoms with Gasteiger partial charge in [0.2, 0.25) is 0 Å². The molecule has 4 N–H and O–H groups in total. The Bertz CT molecular complexity index is 406.